The Labute approximate surface area is 228 Å². The molecule has 2 aliphatic rings. The molecule has 0 aliphatic carbocycles. The number of para-hydroxylation sites is 1. The molecule has 2 aromatic rings. The van der Waals surface area contributed by atoms with Gasteiger partial charge in [0.1, 0.15) is 0 Å². The standard InChI is InChI=1S/C29H33N3O5S/c1-18(2)37-28(34)25-19(3)30-29-32(26(25)22-13-10-14-23(35-5)27(22)36-6)21(17-38-29)15-24(33)31(4)16-20-11-8-7-9-12-20/h7-14,17-18,26H,15-16H2,1-6H3/t26-/m0/s1. The maximum atomic E-state index is 13.4. The lowest BCUT2D eigenvalue weighted by Gasteiger charge is -2.37. The number of amidine groups is 1. The van der Waals surface area contributed by atoms with Crippen LogP contribution in [0.2, 0.25) is 0 Å². The molecule has 8 nitrogen and oxygen atoms in total. The number of rotatable bonds is 9. The normalized spacial score (nSPS) is 16.6. The first-order valence-electron chi connectivity index (χ1n) is 12.4. The Bertz CT molecular complexity index is 1300. The van der Waals surface area contributed by atoms with Crippen LogP contribution in [-0.4, -0.2) is 54.2 Å². The molecule has 0 spiro atoms. The van der Waals surface area contributed by atoms with Crippen molar-refractivity contribution in [2.45, 2.75) is 45.9 Å². The van der Waals surface area contributed by atoms with Crippen molar-refractivity contribution in [3.8, 4) is 11.5 Å². The summed E-state index contributed by atoms with van der Waals surface area (Å²) in [6, 6.07) is 14.8. The third-order valence-electron chi connectivity index (χ3n) is 6.31. The highest BCUT2D eigenvalue weighted by Gasteiger charge is 2.43. The predicted octanol–water partition coefficient (Wildman–Crippen LogP) is 5.28. The van der Waals surface area contributed by atoms with Crippen molar-refractivity contribution >= 4 is 28.8 Å². The molecule has 0 bridgehead atoms. The number of esters is 1. The minimum atomic E-state index is -0.618. The van der Waals surface area contributed by atoms with Crippen LogP contribution < -0.4 is 9.47 Å². The van der Waals surface area contributed by atoms with Crippen molar-refractivity contribution in [2.75, 3.05) is 21.3 Å². The summed E-state index contributed by atoms with van der Waals surface area (Å²) in [5.41, 5.74) is 3.47. The van der Waals surface area contributed by atoms with Crippen molar-refractivity contribution in [1.29, 1.82) is 0 Å². The van der Waals surface area contributed by atoms with Crippen LogP contribution in [0.15, 0.2) is 75.9 Å². The summed E-state index contributed by atoms with van der Waals surface area (Å²) in [5, 5.41) is 2.61. The van der Waals surface area contributed by atoms with Gasteiger partial charge in [-0.3, -0.25) is 4.79 Å². The smallest absolute Gasteiger partial charge is 0.338 e. The second-order valence-corrected chi connectivity index (χ2v) is 10.2. The van der Waals surface area contributed by atoms with Crippen LogP contribution in [0.4, 0.5) is 0 Å². The zero-order valence-electron chi connectivity index (χ0n) is 22.6. The van der Waals surface area contributed by atoms with Crippen molar-refractivity contribution in [1.82, 2.24) is 9.80 Å². The van der Waals surface area contributed by atoms with Crippen LogP contribution in [0.5, 0.6) is 11.5 Å². The summed E-state index contributed by atoms with van der Waals surface area (Å²) >= 11 is 1.43. The van der Waals surface area contributed by atoms with Gasteiger partial charge in [-0.25, -0.2) is 9.79 Å². The molecule has 0 N–H and O–H groups in total. The van der Waals surface area contributed by atoms with Gasteiger partial charge in [0.05, 0.1) is 44.1 Å². The number of ether oxygens (including phenoxy) is 3. The second kappa shape index (κ2) is 11.8. The van der Waals surface area contributed by atoms with E-state index in [0.717, 1.165) is 11.3 Å². The van der Waals surface area contributed by atoms with E-state index in [0.29, 0.717) is 40.0 Å². The average Bonchev–Trinajstić information content (AvgIpc) is 3.29. The summed E-state index contributed by atoms with van der Waals surface area (Å²) in [6.07, 6.45) is -0.166. The van der Waals surface area contributed by atoms with Crippen LogP contribution in [0, 0.1) is 0 Å². The molecule has 1 amide bonds. The van der Waals surface area contributed by atoms with E-state index >= 15 is 0 Å². The van der Waals surface area contributed by atoms with Gasteiger partial charge in [0.2, 0.25) is 5.91 Å². The van der Waals surface area contributed by atoms with Crippen LogP contribution in [0.3, 0.4) is 0 Å². The zero-order chi connectivity index (χ0) is 27.4. The number of nitrogens with zero attached hydrogens (tertiary/aromatic N) is 3. The SMILES string of the molecule is COc1cccc([C@H]2C(C(=O)OC(C)C)=C(C)N=C3SC=C(CC(=O)N(C)Cc4ccccc4)N32)c1OC. The molecule has 38 heavy (non-hydrogen) atoms. The number of amides is 1. The van der Waals surface area contributed by atoms with Gasteiger partial charge in [0, 0.05) is 24.9 Å². The number of fused-ring (bicyclic) bond motifs is 1. The van der Waals surface area contributed by atoms with Crippen molar-refractivity contribution < 1.29 is 23.8 Å². The summed E-state index contributed by atoms with van der Waals surface area (Å²) in [6.45, 7) is 5.92. The lowest BCUT2D eigenvalue weighted by Crippen LogP contribution is -2.38. The van der Waals surface area contributed by atoms with E-state index in [1.807, 2.05) is 66.6 Å². The maximum Gasteiger partial charge on any atom is 0.338 e. The van der Waals surface area contributed by atoms with E-state index in [9.17, 15) is 9.59 Å². The maximum absolute atomic E-state index is 13.4. The Morgan fingerprint density at radius 1 is 1.08 bits per heavy atom. The third-order valence-corrected chi connectivity index (χ3v) is 7.20. The van der Waals surface area contributed by atoms with Gasteiger partial charge in [-0.05, 0) is 37.8 Å². The Hall–Kier alpha value is -3.72. The van der Waals surface area contributed by atoms with Gasteiger partial charge in [0.25, 0.3) is 0 Å². The lowest BCUT2D eigenvalue weighted by atomic mass is 9.92. The molecule has 2 aromatic carbocycles. The third kappa shape index (κ3) is 5.57. The number of carbonyl (C=O) groups excluding carboxylic acids is 2. The summed E-state index contributed by atoms with van der Waals surface area (Å²) in [4.78, 5) is 35.1. The number of carbonyl (C=O) groups is 2. The highest BCUT2D eigenvalue weighted by molar-refractivity contribution is 8.16. The van der Waals surface area contributed by atoms with Crippen LogP contribution in [-0.2, 0) is 20.9 Å². The Balaban J connectivity index is 1.72. The minimum Gasteiger partial charge on any atom is -0.493 e. The summed E-state index contributed by atoms with van der Waals surface area (Å²) in [7, 11) is 4.93. The number of methoxy groups -OCH3 is 2. The van der Waals surface area contributed by atoms with Crippen molar-refractivity contribution in [3.05, 3.63) is 82.0 Å². The predicted molar refractivity (Wildman–Crippen MR) is 149 cm³/mol. The number of benzene rings is 2. The number of hydrogen-bond acceptors (Lipinski definition) is 8. The Morgan fingerprint density at radius 2 is 1.82 bits per heavy atom. The minimum absolute atomic E-state index is 0.0455. The lowest BCUT2D eigenvalue weighted by molar-refractivity contribution is -0.143. The van der Waals surface area contributed by atoms with Crippen LogP contribution >= 0.6 is 11.8 Å². The molecule has 0 aromatic heterocycles. The largest absolute Gasteiger partial charge is 0.493 e. The molecule has 2 aliphatic heterocycles. The summed E-state index contributed by atoms with van der Waals surface area (Å²) < 4.78 is 17.0. The molecule has 9 heteroatoms. The highest BCUT2D eigenvalue weighted by Crippen LogP contribution is 2.48. The summed E-state index contributed by atoms with van der Waals surface area (Å²) in [5.74, 6) is 0.543. The number of thioether (sulfide) groups is 1. The van der Waals surface area contributed by atoms with E-state index in [4.69, 9.17) is 19.2 Å². The molecule has 200 valence electrons. The topological polar surface area (TPSA) is 80.7 Å². The van der Waals surface area contributed by atoms with Gasteiger partial charge < -0.3 is 24.0 Å². The molecular weight excluding hydrogens is 502 g/mol. The fourth-order valence-corrected chi connectivity index (χ4v) is 5.53. The fraction of sp³-hybridized carbons (Fsp3) is 0.345. The van der Waals surface area contributed by atoms with E-state index in [2.05, 4.69) is 0 Å². The molecule has 0 radical (unpaired) electrons. The van der Waals surface area contributed by atoms with Crippen LogP contribution in [0.25, 0.3) is 0 Å². The molecule has 4 rings (SSSR count). The van der Waals surface area contributed by atoms with Gasteiger partial charge >= 0.3 is 5.97 Å². The zero-order valence-corrected chi connectivity index (χ0v) is 23.4. The number of allylic oxidation sites excluding steroid dienone is 1. The molecule has 1 atom stereocenters. The molecule has 0 unspecified atom stereocenters. The molecule has 0 saturated heterocycles. The fourth-order valence-electron chi connectivity index (χ4n) is 4.57. The van der Waals surface area contributed by atoms with E-state index in [1.165, 1.54) is 11.8 Å². The van der Waals surface area contributed by atoms with E-state index in [-0.39, 0.29) is 18.4 Å². The first-order chi connectivity index (χ1) is 18.2. The monoisotopic (exact) mass is 535 g/mol. The Kier molecular flexibility index (Phi) is 8.46. The quantitative estimate of drug-likeness (QED) is 0.404. The van der Waals surface area contributed by atoms with Gasteiger partial charge in [-0.2, -0.15) is 0 Å². The molecule has 0 saturated carbocycles. The average molecular weight is 536 g/mol. The second-order valence-electron chi connectivity index (χ2n) is 9.34. The number of hydrogen-bond donors (Lipinski definition) is 0. The Morgan fingerprint density at radius 3 is 2.47 bits per heavy atom. The highest BCUT2D eigenvalue weighted by atomic mass is 32.2. The van der Waals surface area contributed by atoms with E-state index in [1.54, 1.807) is 39.2 Å². The first kappa shape index (κ1) is 27.3. The van der Waals surface area contributed by atoms with Gasteiger partial charge in [-0.15, -0.1) is 0 Å². The van der Waals surface area contributed by atoms with Crippen molar-refractivity contribution in [3.63, 3.8) is 0 Å². The molecular formula is C29H33N3O5S. The van der Waals surface area contributed by atoms with Gasteiger partial charge in [-0.1, -0.05) is 54.2 Å². The number of aliphatic imine (C=N–C) groups is 1. The van der Waals surface area contributed by atoms with E-state index < -0.39 is 12.0 Å². The van der Waals surface area contributed by atoms with Crippen molar-refractivity contribution in [2.24, 2.45) is 4.99 Å². The van der Waals surface area contributed by atoms with Crippen LogP contribution in [0.1, 0.15) is 44.4 Å². The molecule has 0 fully saturated rings. The first-order valence-corrected chi connectivity index (χ1v) is 13.3. The van der Waals surface area contributed by atoms with Gasteiger partial charge in [0.15, 0.2) is 16.7 Å². The molecule has 2 heterocycles.